The number of nitrogens with zero attached hydrogens (tertiary/aromatic N) is 1. The van der Waals surface area contributed by atoms with E-state index in [-0.39, 0.29) is 34.7 Å². The van der Waals surface area contributed by atoms with Crippen LogP contribution in [0.25, 0.3) is 0 Å². The second kappa shape index (κ2) is 9.30. The molecule has 9 nitrogen and oxygen atoms in total. The van der Waals surface area contributed by atoms with Gasteiger partial charge < -0.3 is 19.0 Å². The molecular weight excluding hydrogens is 460 g/mol. The van der Waals surface area contributed by atoms with Crippen LogP contribution in [0.15, 0.2) is 53.1 Å². The number of amides is 1. The van der Waals surface area contributed by atoms with Crippen LogP contribution in [0.4, 0.5) is 5.69 Å². The first-order chi connectivity index (χ1) is 16.1. The predicted molar refractivity (Wildman–Crippen MR) is 124 cm³/mol. The second-order valence-corrected chi connectivity index (χ2v) is 10.4. The smallest absolute Gasteiger partial charge is 0.338 e. The normalized spacial score (nSPS) is 16.8. The van der Waals surface area contributed by atoms with Crippen molar-refractivity contribution in [1.29, 1.82) is 0 Å². The number of esters is 1. The molecule has 10 heteroatoms. The number of hydrogen-bond acceptors (Lipinski definition) is 7. The highest BCUT2D eigenvalue weighted by atomic mass is 32.2. The molecule has 178 valence electrons. The predicted octanol–water partition coefficient (Wildman–Crippen LogP) is 3.35. The number of rotatable bonds is 7. The van der Waals surface area contributed by atoms with Crippen LogP contribution in [0.3, 0.4) is 0 Å². The summed E-state index contributed by atoms with van der Waals surface area (Å²) in [4.78, 5) is 37.1. The summed E-state index contributed by atoms with van der Waals surface area (Å²) in [6.45, 7) is 3.15. The minimum atomic E-state index is -3.06. The first-order valence-electron chi connectivity index (χ1n) is 10.7. The number of furan rings is 1. The number of anilines is 1. The van der Waals surface area contributed by atoms with Crippen molar-refractivity contribution in [2.45, 2.75) is 26.3 Å². The Morgan fingerprint density at radius 3 is 2.50 bits per heavy atom. The maximum Gasteiger partial charge on any atom is 0.338 e. The third-order valence-electron chi connectivity index (χ3n) is 5.82. The second-order valence-electron chi connectivity index (χ2n) is 8.22. The Morgan fingerprint density at radius 2 is 1.88 bits per heavy atom. The molecule has 1 unspecified atom stereocenters. The highest BCUT2D eigenvalue weighted by Crippen LogP contribution is 2.29. The molecule has 34 heavy (non-hydrogen) atoms. The number of benzene rings is 1. The van der Waals surface area contributed by atoms with Gasteiger partial charge >= 0.3 is 5.97 Å². The number of carbonyl (C=O) groups excluding carboxylic acids is 3. The fourth-order valence-corrected chi connectivity index (χ4v) is 5.88. The standard InChI is InChI=1S/C24H24N2O7S/c1-15-12-20(16(2)26(15)19-9-11-34(30,31)14-19)21(27)13-33-24(29)17-5-7-18(8-6-17)25-23(28)22-4-3-10-32-22/h3-8,10,12,19H,9,11,13-14H2,1-2H3,(H,25,28). The molecule has 0 spiro atoms. The number of carbonyl (C=O) groups is 3. The SMILES string of the molecule is Cc1cc(C(=O)COC(=O)c2ccc(NC(=O)c3ccco3)cc2)c(C)n1C1CCS(=O)(=O)C1. The van der Waals surface area contributed by atoms with Crippen LogP contribution < -0.4 is 5.32 Å². The van der Waals surface area contributed by atoms with Gasteiger partial charge in [-0.05, 0) is 62.7 Å². The van der Waals surface area contributed by atoms with Crippen molar-refractivity contribution >= 4 is 33.2 Å². The average Bonchev–Trinajstić information content (AvgIpc) is 3.52. The first kappa shape index (κ1) is 23.5. The molecular formula is C24H24N2O7S. The van der Waals surface area contributed by atoms with E-state index in [2.05, 4.69) is 5.32 Å². The number of aromatic nitrogens is 1. The van der Waals surface area contributed by atoms with Crippen molar-refractivity contribution < 1.29 is 32.0 Å². The molecule has 0 aliphatic carbocycles. The molecule has 1 fully saturated rings. The Balaban J connectivity index is 1.36. The van der Waals surface area contributed by atoms with Crippen molar-refractivity contribution in [2.75, 3.05) is 23.4 Å². The van der Waals surface area contributed by atoms with E-state index in [4.69, 9.17) is 9.15 Å². The molecule has 3 heterocycles. The minimum absolute atomic E-state index is 0.0595. The molecule has 0 saturated carbocycles. The summed E-state index contributed by atoms with van der Waals surface area (Å²) in [6.07, 6.45) is 1.91. The van der Waals surface area contributed by atoms with Crippen LogP contribution in [-0.4, -0.2) is 48.8 Å². The zero-order chi connectivity index (χ0) is 24.5. The van der Waals surface area contributed by atoms with Crippen LogP contribution in [0.5, 0.6) is 0 Å². The zero-order valence-electron chi connectivity index (χ0n) is 18.7. The Kier molecular flexibility index (Phi) is 6.43. The van der Waals surface area contributed by atoms with Crippen molar-refractivity contribution in [1.82, 2.24) is 4.57 Å². The molecule has 0 radical (unpaired) electrons. The van der Waals surface area contributed by atoms with Gasteiger partial charge in [0.25, 0.3) is 5.91 Å². The Bertz CT molecular complexity index is 1340. The number of sulfone groups is 1. The number of Topliss-reactive ketones (excluding diaryl/α,β-unsaturated/α-hetero) is 1. The topological polar surface area (TPSA) is 125 Å². The Labute approximate surface area is 196 Å². The third-order valence-corrected chi connectivity index (χ3v) is 7.57. The molecule has 1 aromatic carbocycles. The van der Waals surface area contributed by atoms with E-state index in [0.29, 0.717) is 23.4 Å². The molecule has 0 bridgehead atoms. The van der Waals surface area contributed by atoms with Crippen molar-refractivity contribution in [3.63, 3.8) is 0 Å². The summed E-state index contributed by atoms with van der Waals surface area (Å²) < 4.78 is 35.8. The lowest BCUT2D eigenvalue weighted by atomic mass is 10.1. The number of nitrogens with one attached hydrogen (secondary N) is 1. The van der Waals surface area contributed by atoms with Crippen LogP contribution in [0.2, 0.25) is 0 Å². The molecule has 1 saturated heterocycles. The van der Waals surface area contributed by atoms with Crippen molar-refractivity contribution in [3.8, 4) is 0 Å². The van der Waals surface area contributed by atoms with Gasteiger partial charge in [-0.3, -0.25) is 9.59 Å². The van der Waals surface area contributed by atoms with Crippen LogP contribution in [-0.2, 0) is 14.6 Å². The zero-order valence-corrected chi connectivity index (χ0v) is 19.6. The van der Waals surface area contributed by atoms with E-state index >= 15 is 0 Å². The minimum Gasteiger partial charge on any atom is -0.459 e. The number of ketones is 1. The van der Waals surface area contributed by atoms with Gasteiger partial charge in [-0.1, -0.05) is 0 Å². The van der Waals surface area contributed by atoms with E-state index in [1.807, 2.05) is 11.5 Å². The maximum absolute atomic E-state index is 12.7. The van der Waals surface area contributed by atoms with E-state index in [1.54, 1.807) is 31.2 Å². The Hall–Kier alpha value is -3.66. The monoisotopic (exact) mass is 484 g/mol. The van der Waals surface area contributed by atoms with Crippen molar-refractivity contribution in [3.05, 3.63) is 77.0 Å². The Morgan fingerprint density at radius 1 is 1.15 bits per heavy atom. The first-order valence-corrected chi connectivity index (χ1v) is 12.5. The number of aryl methyl sites for hydroxylation is 1. The maximum atomic E-state index is 12.7. The summed E-state index contributed by atoms with van der Waals surface area (Å²) in [7, 11) is -3.06. The van der Waals surface area contributed by atoms with Crippen LogP contribution in [0.1, 0.15) is 55.1 Å². The van der Waals surface area contributed by atoms with Gasteiger partial charge in [0.2, 0.25) is 5.78 Å². The van der Waals surface area contributed by atoms with Gasteiger partial charge in [0.05, 0.1) is 23.3 Å². The molecule has 3 aromatic rings. The number of hydrogen-bond donors (Lipinski definition) is 1. The van der Waals surface area contributed by atoms with Gasteiger partial charge in [-0.15, -0.1) is 0 Å². The highest BCUT2D eigenvalue weighted by Gasteiger charge is 2.31. The van der Waals surface area contributed by atoms with Gasteiger partial charge in [-0.2, -0.15) is 0 Å². The molecule has 1 atom stereocenters. The molecule has 2 aromatic heterocycles. The summed E-state index contributed by atoms with van der Waals surface area (Å²) in [6, 6.07) is 10.7. The summed E-state index contributed by atoms with van der Waals surface area (Å²) >= 11 is 0. The lowest BCUT2D eigenvalue weighted by Gasteiger charge is -2.16. The average molecular weight is 485 g/mol. The van der Waals surface area contributed by atoms with Crippen molar-refractivity contribution in [2.24, 2.45) is 0 Å². The molecule has 4 rings (SSSR count). The van der Waals surface area contributed by atoms with Gasteiger partial charge in [-0.25, -0.2) is 13.2 Å². The van der Waals surface area contributed by atoms with E-state index < -0.39 is 28.3 Å². The highest BCUT2D eigenvalue weighted by molar-refractivity contribution is 7.91. The van der Waals surface area contributed by atoms with Gasteiger partial charge in [0.15, 0.2) is 22.2 Å². The summed E-state index contributed by atoms with van der Waals surface area (Å²) in [5, 5.41) is 2.65. The lowest BCUT2D eigenvalue weighted by molar-refractivity contribution is 0.0474. The van der Waals surface area contributed by atoms with Crippen LogP contribution >= 0.6 is 0 Å². The van der Waals surface area contributed by atoms with E-state index in [0.717, 1.165) is 5.69 Å². The molecule has 1 aliphatic rings. The van der Waals surface area contributed by atoms with E-state index in [1.165, 1.54) is 24.5 Å². The third kappa shape index (κ3) is 4.96. The summed E-state index contributed by atoms with van der Waals surface area (Å²) in [5.41, 5.74) is 2.56. The molecule has 1 amide bonds. The number of ether oxygens (including phenoxy) is 1. The fourth-order valence-electron chi connectivity index (χ4n) is 4.18. The quantitative estimate of drug-likeness (QED) is 0.403. The van der Waals surface area contributed by atoms with Gasteiger partial charge in [0, 0.05) is 28.7 Å². The van der Waals surface area contributed by atoms with Gasteiger partial charge in [0.1, 0.15) is 0 Å². The van der Waals surface area contributed by atoms with E-state index in [9.17, 15) is 22.8 Å². The lowest BCUT2D eigenvalue weighted by Crippen LogP contribution is -2.17. The molecule has 1 aliphatic heterocycles. The fraction of sp³-hybridized carbons (Fsp3) is 0.292. The summed E-state index contributed by atoms with van der Waals surface area (Å²) in [5.74, 6) is -1.09. The molecule has 1 N–H and O–H groups in total. The van der Waals surface area contributed by atoms with Crippen LogP contribution in [0, 0.1) is 13.8 Å². The largest absolute Gasteiger partial charge is 0.459 e.